The molecule has 0 radical (unpaired) electrons. The van der Waals surface area contributed by atoms with E-state index in [4.69, 9.17) is 5.11 Å². The van der Waals surface area contributed by atoms with Crippen molar-refractivity contribution >= 4 is 12.4 Å². The summed E-state index contributed by atoms with van der Waals surface area (Å²) in [6, 6.07) is 0. The molecule has 1 saturated heterocycles. The maximum atomic E-state index is 7.00. The van der Waals surface area contributed by atoms with Gasteiger partial charge in [-0.2, -0.15) is 0 Å². The molecule has 2 N–H and O–H groups in total. The average molecular weight is 154 g/mol. The zero-order valence-corrected chi connectivity index (χ0v) is 6.71. The van der Waals surface area contributed by atoms with E-state index in [9.17, 15) is 0 Å². The predicted molar refractivity (Wildman–Crippen MR) is 42.1 cm³/mol. The summed E-state index contributed by atoms with van der Waals surface area (Å²) in [5, 5.41) is 10.3. The number of halogens is 1. The van der Waals surface area contributed by atoms with Crippen molar-refractivity contribution in [1.29, 1.82) is 0 Å². The van der Waals surface area contributed by atoms with Crippen molar-refractivity contribution in [3.8, 4) is 0 Å². The molecule has 0 spiro atoms. The molecule has 0 atom stereocenters. The summed E-state index contributed by atoms with van der Waals surface area (Å²) < 4.78 is 0. The van der Waals surface area contributed by atoms with Gasteiger partial charge in [0.05, 0.1) is 0 Å². The summed E-state index contributed by atoms with van der Waals surface area (Å²) in [6.07, 6.45) is 4.22. The first kappa shape index (κ1) is 11.9. The lowest BCUT2D eigenvalue weighted by Crippen LogP contribution is -2.21. The van der Waals surface area contributed by atoms with Crippen molar-refractivity contribution in [2.24, 2.45) is 0 Å². The van der Waals surface area contributed by atoms with Crippen molar-refractivity contribution in [3.63, 3.8) is 0 Å². The molecule has 0 aromatic carbocycles. The molecule has 0 bridgehead atoms. The van der Waals surface area contributed by atoms with E-state index >= 15 is 0 Å². The van der Waals surface area contributed by atoms with Crippen LogP contribution >= 0.6 is 12.4 Å². The van der Waals surface area contributed by atoms with Crippen LogP contribution in [0.15, 0.2) is 0 Å². The van der Waals surface area contributed by atoms with Crippen LogP contribution in [0.3, 0.4) is 0 Å². The van der Waals surface area contributed by atoms with Gasteiger partial charge in [-0.3, -0.25) is 0 Å². The summed E-state index contributed by atoms with van der Waals surface area (Å²) in [7, 11) is 1.00. The predicted octanol–water partition coefficient (Wildman–Crippen LogP) is 0.790. The van der Waals surface area contributed by atoms with Gasteiger partial charge in [0.15, 0.2) is 0 Å². The van der Waals surface area contributed by atoms with Crippen LogP contribution in [0.5, 0.6) is 0 Å². The Kier molecular flexibility index (Phi) is 14.7. The Labute approximate surface area is 63.1 Å². The fraction of sp³-hybridized carbons (Fsp3) is 1.00. The van der Waals surface area contributed by atoms with Gasteiger partial charge in [-0.1, -0.05) is 6.42 Å². The number of hydrogen-bond donors (Lipinski definition) is 2. The van der Waals surface area contributed by atoms with Crippen molar-refractivity contribution < 1.29 is 5.11 Å². The molecule has 1 heterocycles. The lowest BCUT2D eigenvalue weighted by molar-refractivity contribution is 0.399. The lowest BCUT2D eigenvalue weighted by Gasteiger charge is -2.08. The summed E-state index contributed by atoms with van der Waals surface area (Å²) in [4.78, 5) is 0. The molecule has 3 heteroatoms. The monoisotopic (exact) mass is 153 g/mol. The van der Waals surface area contributed by atoms with E-state index in [1.165, 1.54) is 32.4 Å². The van der Waals surface area contributed by atoms with Gasteiger partial charge in [-0.25, -0.2) is 0 Å². The van der Waals surface area contributed by atoms with Crippen LogP contribution in [0.1, 0.15) is 19.3 Å². The molecule has 0 aromatic rings. The van der Waals surface area contributed by atoms with E-state index in [1.54, 1.807) is 0 Å². The summed E-state index contributed by atoms with van der Waals surface area (Å²) >= 11 is 0. The number of aliphatic hydroxyl groups excluding tert-OH is 1. The molecule has 0 amide bonds. The second kappa shape index (κ2) is 11.1. The molecule has 9 heavy (non-hydrogen) atoms. The Bertz CT molecular complexity index is 28.5. The van der Waals surface area contributed by atoms with Crippen LogP contribution < -0.4 is 5.32 Å². The molecule has 0 unspecified atom stereocenters. The third kappa shape index (κ3) is 8.21. The summed E-state index contributed by atoms with van der Waals surface area (Å²) in [6.45, 7) is 2.50. The van der Waals surface area contributed by atoms with E-state index in [0.717, 1.165) is 7.11 Å². The quantitative estimate of drug-likeness (QED) is 0.540. The van der Waals surface area contributed by atoms with Gasteiger partial charge >= 0.3 is 0 Å². The molecule has 1 aliphatic rings. The Morgan fingerprint density at radius 1 is 1.00 bits per heavy atom. The minimum Gasteiger partial charge on any atom is -0.400 e. The molecule has 0 aliphatic carbocycles. The van der Waals surface area contributed by atoms with Crippen molar-refractivity contribution in [2.75, 3.05) is 20.2 Å². The van der Waals surface area contributed by atoms with Crippen LogP contribution in [-0.2, 0) is 0 Å². The standard InChI is InChI=1S/C5H11N.CH4O.ClH/c1-2-4-6-5-3-1;1-2;/h6H,1-5H2;2H,1H3;1H. The molecular formula is C6H16ClNO. The zero-order chi connectivity index (χ0) is 6.24. The smallest absolute Gasteiger partial charge is 0.0319 e. The highest BCUT2D eigenvalue weighted by Gasteiger charge is 1.93. The fourth-order valence-electron chi connectivity index (χ4n) is 0.802. The van der Waals surface area contributed by atoms with Gasteiger partial charge in [0.2, 0.25) is 0 Å². The average Bonchev–Trinajstić information content (AvgIpc) is 1.96. The van der Waals surface area contributed by atoms with Gasteiger partial charge in [0.1, 0.15) is 0 Å². The zero-order valence-electron chi connectivity index (χ0n) is 5.89. The topological polar surface area (TPSA) is 32.3 Å². The van der Waals surface area contributed by atoms with E-state index in [2.05, 4.69) is 5.32 Å². The number of aliphatic hydroxyl groups is 1. The molecular weight excluding hydrogens is 138 g/mol. The van der Waals surface area contributed by atoms with Crippen LogP contribution in [-0.4, -0.2) is 25.3 Å². The van der Waals surface area contributed by atoms with Gasteiger partial charge < -0.3 is 10.4 Å². The largest absolute Gasteiger partial charge is 0.400 e. The third-order valence-electron chi connectivity index (χ3n) is 1.21. The third-order valence-corrected chi connectivity index (χ3v) is 1.21. The van der Waals surface area contributed by atoms with Gasteiger partial charge in [0, 0.05) is 7.11 Å². The minimum absolute atomic E-state index is 0. The maximum absolute atomic E-state index is 7.00. The Morgan fingerprint density at radius 2 is 1.44 bits per heavy atom. The first-order valence-corrected chi connectivity index (χ1v) is 3.15. The summed E-state index contributed by atoms with van der Waals surface area (Å²) in [5.41, 5.74) is 0. The number of nitrogens with one attached hydrogen (secondary N) is 1. The minimum atomic E-state index is 0. The van der Waals surface area contributed by atoms with Gasteiger partial charge in [-0.05, 0) is 25.9 Å². The van der Waals surface area contributed by atoms with Gasteiger partial charge in [0.25, 0.3) is 0 Å². The second-order valence-electron chi connectivity index (χ2n) is 1.81. The first-order chi connectivity index (χ1) is 4.00. The highest BCUT2D eigenvalue weighted by atomic mass is 35.5. The summed E-state index contributed by atoms with van der Waals surface area (Å²) in [5.74, 6) is 0. The van der Waals surface area contributed by atoms with Gasteiger partial charge in [-0.15, -0.1) is 12.4 Å². The molecule has 58 valence electrons. The number of rotatable bonds is 0. The first-order valence-electron chi connectivity index (χ1n) is 3.15. The van der Waals surface area contributed by atoms with E-state index in [0.29, 0.717) is 0 Å². The Morgan fingerprint density at radius 3 is 1.56 bits per heavy atom. The normalized spacial score (nSPS) is 16.7. The molecule has 0 aromatic heterocycles. The molecule has 1 aliphatic heterocycles. The fourth-order valence-corrected chi connectivity index (χ4v) is 0.802. The van der Waals surface area contributed by atoms with Crippen LogP contribution in [0.4, 0.5) is 0 Å². The van der Waals surface area contributed by atoms with Crippen molar-refractivity contribution in [2.45, 2.75) is 19.3 Å². The van der Waals surface area contributed by atoms with Crippen LogP contribution in [0.25, 0.3) is 0 Å². The lowest BCUT2D eigenvalue weighted by atomic mass is 10.2. The molecule has 1 rings (SSSR count). The van der Waals surface area contributed by atoms with E-state index in [-0.39, 0.29) is 12.4 Å². The van der Waals surface area contributed by atoms with E-state index < -0.39 is 0 Å². The molecule has 2 nitrogen and oxygen atoms in total. The highest BCUT2D eigenvalue weighted by Crippen LogP contribution is 1.96. The number of piperidine rings is 1. The second-order valence-corrected chi connectivity index (χ2v) is 1.81. The van der Waals surface area contributed by atoms with Crippen molar-refractivity contribution in [1.82, 2.24) is 5.32 Å². The maximum Gasteiger partial charge on any atom is 0.0319 e. The van der Waals surface area contributed by atoms with Crippen molar-refractivity contribution in [3.05, 3.63) is 0 Å². The number of hydrogen-bond acceptors (Lipinski definition) is 2. The SMILES string of the molecule is C1CCNCC1.CO.Cl. The van der Waals surface area contributed by atoms with Crippen LogP contribution in [0, 0.1) is 0 Å². The molecule has 0 saturated carbocycles. The highest BCUT2D eigenvalue weighted by molar-refractivity contribution is 5.85. The molecule has 1 fully saturated rings. The Hall–Kier alpha value is 0.210. The van der Waals surface area contributed by atoms with Crippen LogP contribution in [0.2, 0.25) is 0 Å². The van der Waals surface area contributed by atoms with E-state index in [1.807, 2.05) is 0 Å². The Balaban J connectivity index is 0.